The van der Waals surface area contributed by atoms with Gasteiger partial charge in [0.2, 0.25) is 0 Å². The average molecular weight is 304 g/mol. The minimum atomic E-state index is -0.642. The van der Waals surface area contributed by atoms with Crippen LogP contribution in [0.1, 0.15) is 31.3 Å². The molecular weight excluding hydrogens is 290 g/mol. The molecule has 0 aliphatic rings. The lowest BCUT2D eigenvalue weighted by Gasteiger charge is -2.03. The second kappa shape index (κ2) is 7.56. The van der Waals surface area contributed by atoms with Crippen LogP contribution in [-0.4, -0.2) is 23.7 Å². The smallest absolute Gasteiger partial charge is 0.348 e. The number of hydrogen-bond acceptors (Lipinski definition) is 5. The van der Waals surface area contributed by atoms with E-state index in [0.29, 0.717) is 11.3 Å². The van der Waals surface area contributed by atoms with Crippen molar-refractivity contribution in [3.63, 3.8) is 0 Å². The molecule has 1 amide bonds. The molecule has 1 radical (unpaired) electrons. The number of amides is 1. The summed E-state index contributed by atoms with van der Waals surface area (Å²) in [6.07, 6.45) is 2.59. The van der Waals surface area contributed by atoms with Gasteiger partial charge in [-0.05, 0) is 30.5 Å². The van der Waals surface area contributed by atoms with Crippen LogP contribution in [0.2, 0.25) is 0 Å². The molecule has 0 aliphatic heterocycles. The highest BCUT2D eigenvalue weighted by Crippen LogP contribution is 2.17. The Kier molecular flexibility index (Phi) is 5.48. The Bertz CT molecular complexity index is 609. The van der Waals surface area contributed by atoms with Crippen molar-refractivity contribution in [1.82, 2.24) is 5.48 Å². The Hall–Kier alpha value is -2.18. The van der Waals surface area contributed by atoms with Crippen LogP contribution in [0.15, 0.2) is 42.5 Å². The Labute approximate surface area is 126 Å². The summed E-state index contributed by atoms with van der Waals surface area (Å²) < 4.78 is 5.12. The van der Waals surface area contributed by atoms with Crippen molar-refractivity contribution in [1.29, 1.82) is 0 Å². The monoisotopic (exact) mass is 304 g/mol. The lowest BCUT2D eigenvalue weighted by molar-refractivity contribution is 0.0514. The van der Waals surface area contributed by atoms with E-state index in [0.717, 1.165) is 16.9 Å². The molecule has 2 rings (SSSR count). The average Bonchev–Trinajstić information content (AvgIpc) is 3.01. The first kappa shape index (κ1) is 15.2. The fourth-order valence-electron chi connectivity index (χ4n) is 1.66. The number of esters is 1. The van der Waals surface area contributed by atoms with E-state index in [1.165, 1.54) is 17.6 Å². The van der Waals surface area contributed by atoms with Gasteiger partial charge in [0.1, 0.15) is 4.88 Å². The van der Waals surface area contributed by atoms with Crippen molar-refractivity contribution in [3.05, 3.63) is 64.2 Å². The summed E-state index contributed by atoms with van der Waals surface area (Å²) >= 11 is 0.971. The SMILES string of the molecule is O=C(NO)c1ccc(C(=O)OCC[CH]c2ccccc2)s1. The zero-order valence-corrected chi connectivity index (χ0v) is 11.9. The molecule has 1 aromatic heterocycles. The van der Waals surface area contributed by atoms with E-state index < -0.39 is 11.9 Å². The van der Waals surface area contributed by atoms with E-state index in [2.05, 4.69) is 0 Å². The van der Waals surface area contributed by atoms with Crippen LogP contribution in [0.25, 0.3) is 0 Å². The fourth-order valence-corrected chi connectivity index (χ4v) is 2.45. The number of ether oxygens (including phenoxy) is 1. The minimum absolute atomic E-state index is 0.250. The quantitative estimate of drug-likeness (QED) is 0.372. The van der Waals surface area contributed by atoms with Gasteiger partial charge < -0.3 is 4.74 Å². The topological polar surface area (TPSA) is 75.6 Å². The lowest BCUT2D eigenvalue weighted by Crippen LogP contribution is -2.16. The summed E-state index contributed by atoms with van der Waals surface area (Å²) in [5, 5.41) is 8.50. The summed E-state index contributed by atoms with van der Waals surface area (Å²) in [4.78, 5) is 23.5. The molecule has 109 valence electrons. The van der Waals surface area contributed by atoms with Crippen molar-refractivity contribution in [3.8, 4) is 0 Å². The number of benzene rings is 1. The predicted molar refractivity (Wildman–Crippen MR) is 78.3 cm³/mol. The van der Waals surface area contributed by atoms with Gasteiger partial charge in [-0.15, -0.1) is 11.3 Å². The first-order chi connectivity index (χ1) is 10.2. The van der Waals surface area contributed by atoms with Crippen LogP contribution in [0.4, 0.5) is 0 Å². The van der Waals surface area contributed by atoms with Crippen molar-refractivity contribution >= 4 is 23.2 Å². The molecule has 1 aromatic carbocycles. The van der Waals surface area contributed by atoms with Crippen LogP contribution < -0.4 is 5.48 Å². The number of hydroxylamine groups is 1. The second-order valence-electron chi connectivity index (χ2n) is 4.14. The van der Waals surface area contributed by atoms with Crippen molar-refractivity contribution < 1.29 is 19.5 Å². The maximum Gasteiger partial charge on any atom is 0.348 e. The van der Waals surface area contributed by atoms with Crippen LogP contribution in [0, 0.1) is 6.42 Å². The van der Waals surface area contributed by atoms with Gasteiger partial charge in [0, 0.05) is 0 Å². The van der Waals surface area contributed by atoms with E-state index in [1.807, 2.05) is 36.8 Å². The maximum atomic E-state index is 11.8. The van der Waals surface area contributed by atoms with Crippen LogP contribution in [0.3, 0.4) is 0 Å². The lowest BCUT2D eigenvalue weighted by atomic mass is 10.1. The normalized spacial score (nSPS) is 10.1. The zero-order valence-electron chi connectivity index (χ0n) is 11.1. The third-order valence-electron chi connectivity index (χ3n) is 2.66. The van der Waals surface area contributed by atoms with E-state index in [4.69, 9.17) is 9.94 Å². The summed E-state index contributed by atoms with van der Waals surface area (Å²) in [6, 6.07) is 12.7. The van der Waals surface area contributed by atoms with Crippen molar-refractivity contribution in [2.45, 2.75) is 6.42 Å². The molecule has 5 nitrogen and oxygen atoms in total. The van der Waals surface area contributed by atoms with Gasteiger partial charge in [-0.2, -0.15) is 0 Å². The highest BCUT2D eigenvalue weighted by molar-refractivity contribution is 7.15. The van der Waals surface area contributed by atoms with Crippen LogP contribution in [0.5, 0.6) is 0 Å². The molecule has 2 aromatic rings. The Morgan fingerprint density at radius 2 is 1.86 bits per heavy atom. The Morgan fingerprint density at radius 3 is 2.57 bits per heavy atom. The molecule has 0 bridgehead atoms. The van der Waals surface area contributed by atoms with E-state index in [1.54, 1.807) is 0 Å². The van der Waals surface area contributed by atoms with Gasteiger partial charge in [-0.3, -0.25) is 10.0 Å². The van der Waals surface area contributed by atoms with Gasteiger partial charge in [0.25, 0.3) is 5.91 Å². The molecule has 1 heterocycles. The summed E-state index contributed by atoms with van der Waals surface area (Å²) in [5.74, 6) is -1.12. The van der Waals surface area contributed by atoms with Crippen molar-refractivity contribution in [2.75, 3.05) is 6.61 Å². The third-order valence-corrected chi connectivity index (χ3v) is 3.73. The number of rotatable bonds is 6. The second-order valence-corrected chi connectivity index (χ2v) is 5.23. The molecule has 21 heavy (non-hydrogen) atoms. The maximum absolute atomic E-state index is 11.8. The van der Waals surface area contributed by atoms with Gasteiger partial charge in [0.15, 0.2) is 0 Å². The molecule has 0 aliphatic carbocycles. The third kappa shape index (κ3) is 4.40. The highest BCUT2D eigenvalue weighted by Gasteiger charge is 2.14. The zero-order chi connectivity index (χ0) is 15.1. The number of carbonyl (C=O) groups is 2. The fraction of sp³-hybridized carbons (Fsp3) is 0.133. The number of thiophene rings is 1. The van der Waals surface area contributed by atoms with Gasteiger partial charge >= 0.3 is 5.97 Å². The van der Waals surface area contributed by atoms with E-state index in [-0.39, 0.29) is 11.5 Å². The summed E-state index contributed by atoms with van der Waals surface area (Å²) in [6.45, 7) is 0.271. The highest BCUT2D eigenvalue weighted by atomic mass is 32.1. The molecule has 2 N–H and O–H groups in total. The van der Waals surface area contributed by atoms with Gasteiger partial charge in [-0.1, -0.05) is 30.3 Å². The molecule has 6 heteroatoms. The first-order valence-electron chi connectivity index (χ1n) is 6.30. The molecule has 0 atom stereocenters. The molecular formula is C15H14NO4S. The van der Waals surface area contributed by atoms with Crippen LogP contribution in [-0.2, 0) is 4.74 Å². The standard InChI is InChI=1S/C15H14NO4S/c17-14(16-19)12-8-9-13(21-12)15(18)20-10-4-7-11-5-2-1-3-6-11/h1-3,5-9,19H,4,10H2,(H,16,17). The Morgan fingerprint density at radius 1 is 1.14 bits per heavy atom. The molecule has 0 spiro atoms. The first-order valence-corrected chi connectivity index (χ1v) is 7.12. The Balaban J connectivity index is 1.77. The van der Waals surface area contributed by atoms with Gasteiger partial charge in [-0.25, -0.2) is 10.3 Å². The van der Waals surface area contributed by atoms with Gasteiger partial charge in [0.05, 0.1) is 11.5 Å². The number of carbonyl (C=O) groups excluding carboxylic acids is 2. The number of nitrogens with one attached hydrogen (secondary N) is 1. The van der Waals surface area contributed by atoms with E-state index >= 15 is 0 Å². The van der Waals surface area contributed by atoms with Crippen molar-refractivity contribution in [2.24, 2.45) is 0 Å². The number of hydrogen-bond donors (Lipinski definition) is 2. The molecule has 0 unspecified atom stereocenters. The summed E-state index contributed by atoms with van der Waals surface area (Å²) in [7, 11) is 0. The molecule has 0 saturated carbocycles. The van der Waals surface area contributed by atoms with E-state index in [9.17, 15) is 9.59 Å². The largest absolute Gasteiger partial charge is 0.461 e. The molecule has 0 saturated heterocycles. The minimum Gasteiger partial charge on any atom is -0.461 e. The molecule has 0 fully saturated rings. The van der Waals surface area contributed by atoms with Crippen LogP contribution >= 0.6 is 11.3 Å². The summed E-state index contributed by atoms with van der Waals surface area (Å²) in [5.41, 5.74) is 2.59. The predicted octanol–water partition coefficient (Wildman–Crippen LogP) is 2.67.